The van der Waals surface area contributed by atoms with Crippen molar-refractivity contribution in [1.29, 1.82) is 0 Å². The first-order valence-electron chi connectivity index (χ1n) is 10.4. The molecule has 0 aromatic heterocycles. The van der Waals surface area contributed by atoms with Crippen molar-refractivity contribution in [3.63, 3.8) is 0 Å². The van der Waals surface area contributed by atoms with E-state index in [-0.39, 0.29) is 11.9 Å². The van der Waals surface area contributed by atoms with E-state index in [1.807, 2.05) is 42.5 Å². The maximum atomic E-state index is 13.0. The summed E-state index contributed by atoms with van der Waals surface area (Å²) < 4.78 is 10.7. The second-order valence-electron chi connectivity index (χ2n) is 8.02. The highest BCUT2D eigenvalue weighted by molar-refractivity contribution is 5.94. The van der Waals surface area contributed by atoms with E-state index in [1.54, 1.807) is 7.11 Å². The molecule has 5 heteroatoms. The lowest BCUT2D eigenvalue weighted by molar-refractivity contribution is 0.0342. The molecule has 5 nitrogen and oxygen atoms in total. The van der Waals surface area contributed by atoms with E-state index >= 15 is 0 Å². The van der Waals surface area contributed by atoms with E-state index in [2.05, 4.69) is 30.1 Å². The van der Waals surface area contributed by atoms with Gasteiger partial charge in [-0.3, -0.25) is 9.69 Å². The molecule has 2 aromatic rings. The average Bonchev–Trinajstić information content (AvgIpc) is 2.74. The third-order valence-electron chi connectivity index (χ3n) is 5.23. The van der Waals surface area contributed by atoms with Gasteiger partial charge in [-0.1, -0.05) is 38.1 Å². The lowest BCUT2D eigenvalue weighted by atomic mass is 9.96. The van der Waals surface area contributed by atoms with Gasteiger partial charge in [0.25, 0.3) is 5.91 Å². The van der Waals surface area contributed by atoms with Crippen LogP contribution in [-0.2, 0) is 11.3 Å². The molecule has 0 unspecified atom stereocenters. The summed E-state index contributed by atoms with van der Waals surface area (Å²) in [4.78, 5) is 15.4. The van der Waals surface area contributed by atoms with Gasteiger partial charge in [0.15, 0.2) is 0 Å². The summed E-state index contributed by atoms with van der Waals surface area (Å²) in [5.41, 5.74) is 2.96. The zero-order valence-electron chi connectivity index (χ0n) is 17.7. The van der Waals surface area contributed by atoms with E-state index in [1.165, 1.54) is 0 Å². The SMILES string of the molecule is COc1ccc([C@@H](CC(C)C)NC(=O)c2cccc(CN3CCOCC3)c2)cc1. The Bertz CT molecular complexity index is 783. The third-order valence-corrected chi connectivity index (χ3v) is 5.23. The monoisotopic (exact) mass is 396 g/mol. The van der Waals surface area contributed by atoms with Crippen molar-refractivity contribution in [3.05, 3.63) is 65.2 Å². The molecule has 0 spiro atoms. The second kappa shape index (κ2) is 10.4. The van der Waals surface area contributed by atoms with Crippen LogP contribution in [0.1, 0.15) is 47.8 Å². The number of ether oxygens (including phenoxy) is 2. The Labute approximate surface area is 174 Å². The van der Waals surface area contributed by atoms with Crippen molar-refractivity contribution in [2.24, 2.45) is 5.92 Å². The molecule has 1 heterocycles. The molecular weight excluding hydrogens is 364 g/mol. The predicted molar refractivity (Wildman–Crippen MR) is 115 cm³/mol. The van der Waals surface area contributed by atoms with Crippen LogP contribution in [0, 0.1) is 5.92 Å². The van der Waals surface area contributed by atoms with Gasteiger partial charge in [0.2, 0.25) is 0 Å². The van der Waals surface area contributed by atoms with E-state index in [9.17, 15) is 4.79 Å². The molecule has 0 bridgehead atoms. The number of hydrogen-bond acceptors (Lipinski definition) is 4. The van der Waals surface area contributed by atoms with Gasteiger partial charge >= 0.3 is 0 Å². The van der Waals surface area contributed by atoms with Crippen molar-refractivity contribution in [2.75, 3.05) is 33.4 Å². The van der Waals surface area contributed by atoms with Crippen molar-refractivity contribution in [1.82, 2.24) is 10.2 Å². The van der Waals surface area contributed by atoms with E-state index in [0.29, 0.717) is 11.5 Å². The molecule has 0 radical (unpaired) electrons. The molecule has 1 aliphatic heterocycles. The first-order valence-corrected chi connectivity index (χ1v) is 10.4. The van der Waals surface area contributed by atoms with Crippen LogP contribution in [0.15, 0.2) is 48.5 Å². The fraction of sp³-hybridized carbons (Fsp3) is 0.458. The second-order valence-corrected chi connectivity index (χ2v) is 8.02. The fourth-order valence-electron chi connectivity index (χ4n) is 3.66. The van der Waals surface area contributed by atoms with Gasteiger partial charge < -0.3 is 14.8 Å². The summed E-state index contributed by atoms with van der Waals surface area (Å²) >= 11 is 0. The molecule has 1 amide bonds. The van der Waals surface area contributed by atoms with Crippen LogP contribution in [-0.4, -0.2) is 44.2 Å². The van der Waals surface area contributed by atoms with Crippen LogP contribution in [0.4, 0.5) is 0 Å². The zero-order valence-corrected chi connectivity index (χ0v) is 17.7. The molecule has 0 saturated carbocycles. The Balaban J connectivity index is 1.70. The molecule has 29 heavy (non-hydrogen) atoms. The van der Waals surface area contributed by atoms with Gasteiger partial charge in [-0.25, -0.2) is 0 Å². The number of carbonyl (C=O) groups excluding carboxylic acids is 1. The highest BCUT2D eigenvalue weighted by atomic mass is 16.5. The number of benzene rings is 2. The van der Waals surface area contributed by atoms with Crippen LogP contribution < -0.4 is 10.1 Å². The number of hydrogen-bond donors (Lipinski definition) is 1. The lowest BCUT2D eigenvalue weighted by Gasteiger charge is -2.26. The van der Waals surface area contributed by atoms with Crippen LogP contribution in [0.2, 0.25) is 0 Å². The number of morpholine rings is 1. The molecule has 1 fully saturated rings. The smallest absolute Gasteiger partial charge is 0.251 e. The normalized spacial score (nSPS) is 15.9. The van der Waals surface area contributed by atoms with E-state index in [4.69, 9.17) is 9.47 Å². The summed E-state index contributed by atoms with van der Waals surface area (Å²) in [5, 5.41) is 3.24. The highest BCUT2D eigenvalue weighted by Crippen LogP contribution is 2.24. The summed E-state index contributed by atoms with van der Waals surface area (Å²) in [6.45, 7) is 8.61. The minimum absolute atomic E-state index is 0.0312. The van der Waals surface area contributed by atoms with Crippen LogP contribution in [0.5, 0.6) is 5.75 Å². The van der Waals surface area contributed by atoms with Gasteiger partial charge in [-0.05, 0) is 47.7 Å². The molecule has 2 aromatic carbocycles. The number of nitrogens with one attached hydrogen (secondary N) is 1. The largest absolute Gasteiger partial charge is 0.497 e. The number of carbonyl (C=O) groups is 1. The summed E-state index contributed by atoms with van der Waals surface area (Å²) in [7, 11) is 1.66. The topological polar surface area (TPSA) is 50.8 Å². The number of rotatable bonds is 8. The minimum atomic E-state index is -0.0321. The Morgan fingerprint density at radius 3 is 2.52 bits per heavy atom. The molecular formula is C24H32N2O3. The molecule has 3 rings (SSSR count). The van der Waals surface area contributed by atoms with Gasteiger partial charge in [-0.15, -0.1) is 0 Å². The standard InChI is InChI=1S/C24H32N2O3/c1-18(2)15-23(20-7-9-22(28-3)10-8-20)25-24(27)21-6-4-5-19(16-21)17-26-11-13-29-14-12-26/h4-10,16,18,23H,11-15,17H2,1-3H3,(H,25,27)/t23-/m1/s1. The Hall–Kier alpha value is -2.37. The van der Waals surface area contributed by atoms with Gasteiger partial charge in [0.1, 0.15) is 5.75 Å². The number of amides is 1. The summed E-state index contributed by atoms with van der Waals surface area (Å²) in [6, 6.07) is 15.9. The molecule has 156 valence electrons. The predicted octanol–water partition coefficient (Wildman–Crippen LogP) is 4.04. The highest BCUT2D eigenvalue weighted by Gasteiger charge is 2.18. The first-order chi connectivity index (χ1) is 14.0. The molecule has 1 N–H and O–H groups in total. The molecule has 1 atom stereocenters. The zero-order chi connectivity index (χ0) is 20.6. The quantitative estimate of drug-likeness (QED) is 0.732. The van der Waals surface area contributed by atoms with Crippen LogP contribution >= 0.6 is 0 Å². The Morgan fingerprint density at radius 2 is 1.86 bits per heavy atom. The number of methoxy groups -OCH3 is 1. The van der Waals surface area contributed by atoms with Crippen molar-refractivity contribution >= 4 is 5.91 Å². The number of nitrogens with zero attached hydrogens (tertiary/aromatic N) is 1. The van der Waals surface area contributed by atoms with Crippen molar-refractivity contribution in [3.8, 4) is 5.75 Å². The van der Waals surface area contributed by atoms with Crippen molar-refractivity contribution < 1.29 is 14.3 Å². The van der Waals surface area contributed by atoms with Crippen LogP contribution in [0.25, 0.3) is 0 Å². The maximum absolute atomic E-state index is 13.0. The van der Waals surface area contributed by atoms with E-state index in [0.717, 1.165) is 56.1 Å². The fourth-order valence-corrected chi connectivity index (χ4v) is 3.66. The molecule has 0 aliphatic carbocycles. The molecule has 1 aliphatic rings. The summed E-state index contributed by atoms with van der Waals surface area (Å²) in [6.07, 6.45) is 0.880. The lowest BCUT2D eigenvalue weighted by Crippen LogP contribution is -2.35. The van der Waals surface area contributed by atoms with Crippen LogP contribution in [0.3, 0.4) is 0 Å². The molecule has 1 saturated heterocycles. The van der Waals surface area contributed by atoms with Gasteiger partial charge in [0, 0.05) is 25.2 Å². The maximum Gasteiger partial charge on any atom is 0.251 e. The first kappa shape index (κ1) is 21.3. The Morgan fingerprint density at radius 1 is 1.14 bits per heavy atom. The summed E-state index contributed by atoms with van der Waals surface area (Å²) in [5.74, 6) is 1.25. The van der Waals surface area contributed by atoms with Crippen molar-refractivity contribution in [2.45, 2.75) is 32.9 Å². The van der Waals surface area contributed by atoms with E-state index < -0.39 is 0 Å². The minimum Gasteiger partial charge on any atom is -0.497 e. The van der Waals surface area contributed by atoms with Gasteiger partial charge in [0.05, 0.1) is 26.4 Å². The Kier molecular flexibility index (Phi) is 7.67. The third kappa shape index (κ3) is 6.31. The van der Waals surface area contributed by atoms with Gasteiger partial charge in [-0.2, -0.15) is 0 Å². The average molecular weight is 397 g/mol.